The van der Waals surface area contributed by atoms with Gasteiger partial charge in [0.25, 0.3) is 0 Å². The number of hydrogen-bond donors (Lipinski definition) is 0. The Balaban J connectivity index is 1.91. The van der Waals surface area contributed by atoms with Crippen molar-refractivity contribution in [2.24, 2.45) is 11.8 Å². The molecule has 64 valence electrons. The summed E-state index contributed by atoms with van der Waals surface area (Å²) >= 11 is 0. The highest BCUT2D eigenvalue weighted by atomic mass is 16.1. The lowest BCUT2D eigenvalue weighted by molar-refractivity contribution is -0.108. The van der Waals surface area contributed by atoms with Gasteiger partial charge < -0.3 is 4.79 Å². The quantitative estimate of drug-likeness (QED) is 0.424. The molecule has 0 N–H and O–H groups in total. The van der Waals surface area contributed by atoms with Crippen molar-refractivity contribution in [2.75, 3.05) is 0 Å². The van der Waals surface area contributed by atoms with Gasteiger partial charge in [0.15, 0.2) is 0 Å². The fourth-order valence-electron chi connectivity index (χ4n) is 1.73. The van der Waals surface area contributed by atoms with Gasteiger partial charge in [-0.25, -0.2) is 0 Å². The predicted octanol–water partition coefficient (Wildman–Crippen LogP) is 2.79. The third-order valence-electron chi connectivity index (χ3n) is 2.65. The summed E-state index contributed by atoms with van der Waals surface area (Å²) < 4.78 is 0. The Hall–Kier alpha value is -0.330. The largest absolute Gasteiger partial charge is 0.303 e. The molecule has 1 heteroatoms. The van der Waals surface area contributed by atoms with E-state index in [1.165, 1.54) is 32.1 Å². The van der Waals surface area contributed by atoms with Crippen LogP contribution in [0.3, 0.4) is 0 Å². The molecule has 0 amide bonds. The summed E-state index contributed by atoms with van der Waals surface area (Å²) in [4.78, 5) is 10.1. The highest BCUT2D eigenvalue weighted by molar-refractivity contribution is 5.50. The Morgan fingerprint density at radius 3 is 2.82 bits per heavy atom. The van der Waals surface area contributed by atoms with E-state index in [-0.39, 0.29) is 0 Å². The summed E-state index contributed by atoms with van der Waals surface area (Å²) in [6, 6.07) is 0. The lowest BCUT2D eigenvalue weighted by Crippen LogP contribution is -1.84. The molecule has 0 heterocycles. The smallest absolute Gasteiger partial charge is 0.120 e. The maximum Gasteiger partial charge on any atom is 0.120 e. The molecule has 0 aromatic rings. The molecule has 0 aromatic carbocycles. The zero-order chi connectivity index (χ0) is 8.10. The van der Waals surface area contributed by atoms with Crippen molar-refractivity contribution in [3.8, 4) is 0 Å². The van der Waals surface area contributed by atoms with Gasteiger partial charge in [-0.05, 0) is 18.3 Å². The van der Waals surface area contributed by atoms with Gasteiger partial charge in [-0.15, -0.1) is 0 Å². The number of aldehydes is 1. The third kappa shape index (κ3) is 3.04. The molecule has 0 radical (unpaired) electrons. The Morgan fingerprint density at radius 1 is 1.36 bits per heavy atom. The van der Waals surface area contributed by atoms with Crippen LogP contribution in [0.2, 0.25) is 0 Å². The molecule has 0 bridgehead atoms. The van der Waals surface area contributed by atoms with Gasteiger partial charge in [0.05, 0.1) is 0 Å². The molecule has 1 rings (SSSR count). The van der Waals surface area contributed by atoms with Gasteiger partial charge in [-0.3, -0.25) is 0 Å². The second kappa shape index (κ2) is 4.53. The van der Waals surface area contributed by atoms with Crippen molar-refractivity contribution >= 4 is 6.29 Å². The lowest BCUT2D eigenvalue weighted by atomic mass is 10.1. The van der Waals surface area contributed by atoms with Crippen LogP contribution >= 0.6 is 0 Å². The Kier molecular flexibility index (Phi) is 3.61. The van der Waals surface area contributed by atoms with Crippen molar-refractivity contribution in [3.63, 3.8) is 0 Å². The summed E-state index contributed by atoms with van der Waals surface area (Å²) in [5.41, 5.74) is 0. The number of carbonyl (C=O) groups is 1. The van der Waals surface area contributed by atoms with Gasteiger partial charge in [0.1, 0.15) is 6.29 Å². The SMILES string of the molecule is CCCCC[C@@H]1C[C@@H]1CC=O. The van der Waals surface area contributed by atoms with Gasteiger partial charge in [0.2, 0.25) is 0 Å². The zero-order valence-electron chi connectivity index (χ0n) is 7.38. The van der Waals surface area contributed by atoms with Crippen LogP contribution in [-0.2, 0) is 4.79 Å². The third-order valence-corrected chi connectivity index (χ3v) is 2.65. The lowest BCUT2D eigenvalue weighted by Gasteiger charge is -1.95. The number of unbranched alkanes of at least 4 members (excludes halogenated alkanes) is 2. The summed E-state index contributed by atoms with van der Waals surface area (Å²) in [6.07, 6.45) is 8.63. The maximum absolute atomic E-state index is 10.1. The van der Waals surface area contributed by atoms with E-state index in [4.69, 9.17) is 0 Å². The molecule has 0 aliphatic heterocycles. The van der Waals surface area contributed by atoms with E-state index >= 15 is 0 Å². The first kappa shape index (κ1) is 8.76. The van der Waals surface area contributed by atoms with Crippen LogP contribution in [0.15, 0.2) is 0 Å². The Bertz CT molecular complexity index is 120. The minimum Gasteiger partial charge on any atom is -0.303 e. The van der Waals surface area contributed by atoms with Crippen molar-refractivity contribution < 1.29 is 4.79 Å². The first-order chi connectivity index (χ1) is 5.38. The van der Waals surface area contributed by atoms with Crippen molar-refractivity contribution in [1.82, 2.24) is 0 Å². The van der Waals surface area contributed by atoms with E-state index < -0.39 is 0 Å². The molecule has 0 spiro atoms. The molecule has 1 aliphatic carbocycles. The molecule has 1 saturated carbocycles. The second-order valence-electron chi connectivity index (χ2n) is 3.65. The molecule has 2 atom stereocenters. The van der Waals surface area contributed by atoms with Crippen LogP contribution < -0.4 is 0 Å². The monoisotopic (exact) mass is 154 g/mol. The minimum atomic E-state index is 0.768. The molecule has 0 unspecified atom stereocenters. The van der Waals surface area contributed by atoms with Gasteiger partial charge in [0, 0.05) is 6.42 Å². The Morgan fingerprint density at radius 2 is 2.18 bits per heavy atom. The first-order valence-electron chi connectivity index (χ1n) is 4.82. The van der Waals surface area contributed by atoms with Crippen LogP contribution in [0.1, 0.15) is 45.4 Å². The fourth-order valence-corrected chi connectivity index (χ4v) is 1.73. The van der Waals surface area contributed by atoms with E-state index in [1.54, 1.807) is 0 Å². The van der Waals surface area contributed by atoms with Gasteiger partial charge >= 0.3 is 0 Å². The van der Waals surface area contributed by atoms with Crippen molar-refractivity contribution in [1.29, 1.82) is 0 Å². The zero-order valence-corrected chi connectivity index (χ0v) is 7.38. The van der Waals surface area contributed by atoms with E-state index in [0.717, 1.165) is 24.5 Å². The van der Waals surface area contributed by atoms with E-state index in [1.807, 2.05) is 0 Å². The molecule has 1 fully saturated rings. The first-order valence-corrected chi connectivity index (χ1v) is 4.82. The molecular weight excluding hydrogens is 136 g/mol. The van der Waals surface area contributed by atoms with Gasteiger partial charge in [-0.1, -0.05) is 32.6 Å². The summed E-state index contributed by atoms with van der Waals surface area (Å²) in [5.74, 6) is 1.68. The average Bonchev–Trinajstić information content (AvgIpc) is 2.70. The van der Waals surface area contributed by atoms with Gasteiger partial charge in [-0.2, -0.15) is 0 Å². The summed E-state index contributed by atoms with van der Waals surface area (Å²) in [5, 5.41) is 0. The normalized spacial score (nSPS) is 28.5. The second-order valence-corrected chi connectivity index (χ2v) is 3.65. The molecule has 1 nitrogen and oxygen atoms in total. The summed E-state index contributed by atoms with van der Waals surface area (Å²) in [7, 11) is 0. The molecule has 0 saturated heterocycles. The fraction of sp³-hybridized carbons (Fsp3) is 0.900. The topological polar surface area (TPSA) is 17.1 Å². The molecule has 1 aliphatic rings. The van der Waals surface area contributed by atoms with Crippen molar-refractivity contribution in [2.45, 2.75) is 45.4 Å². The number of carbonyl (C=O) groups excluding carboxylic acids is 1. The molecule has 0 aromatic heterocycles. The van der Waals surface area contributed by atoms with E-state index in [9.17, 15) is 4.79 Å². The average molecular weight is 154 g/mol. The highest BCUT2D eigenvalue weighted by Gasteiger charge is 2.35. The Labute approximate surface area is 69.2 Å². The van der Waals surface area contributed by atoms with Crippen LogP contribution in [0.25, 0.3) is 0 Å². The van der Waals surface area contributed by atoms with Crippen molar-refractivity contribution in [3.05, 3.63) is 0 Å². The van der Waals surface area contributed by atoms with Crippen LogP contribution in [-0.4, -0.2) is 6.29 Å². The number of rotatable bonds is 6. The van der Waals surface area contributed by atoms with E-state index in [0.29, 0.717) is 0 Å². The van der Waals surface area contributed by atoms with Crippen LogP contribution in [0.5, 0.6) is 0 Å². The maximum atomic E-state index is 10.1. The summed E-state index contributed by atoms with van der Waals surface area (Å²) in [6.45, 7) is 2.23. The van der Waals surface area contributed by atoms with E-state index in [2.05, 4.69) is 6.92 Å². The predicted molar refractivity (Wildman–Crippen MR) is 46.4 cm³/mol. The number of hydrogen-bond acceptors (Lipinski definition) is 1. The minimum absolute atomic E-state index is 0.768. The van der Waals surface area contributed by atoms with Crippen LogP contribution in [0, 0.1) is 11.8 Å². The van der Waals surface area contributed by atoms with Crippen LogP contribution in [0.4, 0.5) is 0 Å². The highest BCUT2D eigenvalue weighted by Crippen LogP contribution is 2.44. The standard InChI is InChI=1S/C10H18O/c1-2-3-4-5-9-8-10(9)6-7-11/h7,9-10H,2-6,8H2,1H3/t9-,10+/m1/s1. The molecule has 11 heavy (non-hydrogen) atoms. The molecular formula is C10H18O.